The summed E-state index contributed by atoms with van der Waals surface area (Å²) in [5.41, 5.74) is 1.91. The van der Waals surface area contributed by atoms with Crippen molar-refractivity contribution < 1.29 is 14.3 Å². The van der Waals surface area contributed by atoms with Gasteiger partial charge in [0.2, 0.25) is 5.91 Å². The van der Waals surface area contributed by atoms with Crippen LogP contribution in [0.5, 0.6) is 0 Å². The molecule has 5 heteroatoms. The first-order chi connectivity index (χ1) is 13.5. The van der Waals surface area contributed by atoms with Gasteiger partial charge < -0.3 is 15.0 Å². The second-order valence-corrected chi connectivity index (χ2v) is 9.68. The fourth-order valence-electron chi connectivity index (χ4n) is 6.58. The molecule has 1 heterocycles. The first-order valence-corrected chi connectivity index (χ1v) is 10.8. The Bertz CT molecular complexity index is 755. The van der Waals surface area contributed by atoms with Crippen molar-refractivity contribution in [2.75, 3.05) is 24.6 Å². The van der Waals surface area contributed by atoms with Gasteiger partial charge in [-0.25, -0.2) is 0 Å². The van der Waals surface area contributed by atoms with E-state index in [1.54, 1.807) is 4.90 Å². The zero-order valence-electron chi connectivity index (χ0n) is 16.7. The number of rotatable bonds is 4. The molecule has 1 aliphatic heterocycles. The van der Waals surface area contributed by atoms with Gasteiger partial charge in [0.15, 0.2) is 0 Å². The van der Waals surface area contributed by atoms with Crippen molar-refractivity contribution in [3.8, 4) is 0 Å². The molecule has 1 aromatic rings. The van der Waals surface area contributed by atoms with E-state index in [1.165, 1.54) is 19.3 Å². The number of ether oxygens (including phenoxy) is 1. The fraction of sp³-hybridized carbons (Fsp3) is 0.652. The number of hydrogen-bond acceptors (Lipinski definition) is 3. The van der Waals surface area contributed by atoms with E-state index in [4.69, 9.17) is 4.74 Å². The largest absolute Gasteiger partial charge is 0.365 e. The molecule has 2 amide bonds. The number of morpholine rings is 1. The molecule has 0 spiro atoms. The lowest BCUT2D eigenvalue weighted by Gasteiger charge is -2.55. The van der Waals surface area contributed by atoms with Crippen molar-refractivity contribution in [2.24, 2.45) is 23.2 Å². The smallest absolute Gasteiger partial charge is 0.253 e. The highest BCUT2D eigenvalue weighted by atomic mass is 16.5. The summed E-state index contributed by atoms with van der Waals surface area (Å²) in [4.78, 5) is 27.3. The van der Waals surface area contributed by atoms with Crippen LogP contribution in [0, 0.1) is 30.1 Å². The van der Waals surface area contributed by atoms with Gasteiger partial charge in [0.1, 0.15) is 6.61 Å². The number of aryl methyl sites for hydroxylation is 1. The van der Waals surface area contributed by atoms with E-state index < -0.39 is 0 Å². The summed E-state index contributed by atoms with van der Waals surface area (Å²) in [6, 6.07) is 7.98. The van der Waals surface area contributed by atoms with Crippen LogP contribution < -0.4 is 10.2 Å². The molecule has 1 unspecified atom stereocenters. The van der Waals surface area contributed by atoms with Gasteiger partial charge in [-0.2, -0.15) is 0 Å². The third-order valence-electron chi connectivity index (χ3n) is 7.45. The van der Waals surface area contributed by atoms with Crippen LogP contribution in [0.2, 0.25) is 0 Å². The summed E-state index contributed by atoms with van der Waals surface area (Å²) in [5, 5.41) is 3.21. The summed E-state index contributed by atoms with van der Waals surface area (Å²) < 4.78 is 5.74. The number of anilines is 1. The number of nitrogens with zero attached hydrogens (tertiary/aromatic N) is 1. The molecule has 1 aromatic carbocycles. The maximum absolute atomic E-state index is 13.2. The molecule has 28 heavy (non-hydrogen) atoms. The van der Waals surface area contributed by atoms with E-state index in [-0.39, 0.29) is 29.9 Å². The zero-order chi connectivity index (χ0) is 19.3. The highest BCUT2D eigenvalue weighted by molar-refractivity contribution is 5.95. The quantitative estimate of drug-likeness (QED) is 0.871. The topological polar surface area (TPSA) is 58.6 Å². The van der Waals surface area contributed by atoms with Crippen LogP contribution in [0.25, 0.3) is 0 Å². The highest BCUT2D eigenvalue weighted by Crippen LogP contribution is 2.60. The van der Waals surface area contributed by atoms with E-state index in [0.717, 1.165) is 48.3 Å². The molecule has 4 aliphatic carbocycles. The number of nitrogens with one attached hydrogen (secondary N) is 1. The number of carbonyl (C=O) groups is 2. The normalized spacial score (nSPS) is 36.6. The monoisotopic (exact) mass is 382 g/mol. The standard InChI is InChI=1S/C23H30N2O3/c1-15-3-2-4-19(5-15)25-13-20(28-14-21(25)26)12-24-22(27)23-9-16-6-17(10-23)8-18(7-16)11-23/h2-5,16-18,20H,6-14H2,1H3,(H,24,27). The lowest BCUT2D eigenvalue weighted by molar-refractivity contribution is -0.147. The third-order valence-corrected chi connectivity index (χ3v) is 7.45. The molecule has 5 nitrogen and oxygen atoms in total. The van der Waals surface area contributed by atoms with Crippen LogP contribution in [0.1, 0.15) is 44.1 Å². The van der Waals surface area contributed by atoms with E-state index in [1.807, 2.05) is 31.2 Å². The van der Waals surface area contributed by atoms with Crippen LogP contribution in [0.15, 0.2) is 24.3 Å². The molecule has 5 aliphatic rings. The van der Waals surface area contributed by atoms with E-state index in [0.29, 0.717) is 13.1 Å². The number of carbonyl (C=O) groups excluding carboxylic acids is 2. The molecule has 6 rings (SSSR count). The van der Waals surface area contributed by atoms with Crippen LogP contribution >= 0.6 is 0 Å². The Kier molecular flexibility index (Phi) is 4.46. The molecule has 5 fully saturated rings. The van der Waals surface area contributed by atoms with Crippen LogP contribution in [-0.4, -0.2) is 37.6 Å². The average molecular weight is 383 g/mol. The molecule has 4 saturated carbocycles. The Morgan fingerprint density at radius 3 is 2.50 bits per heavy atom. The SMILES string of the molecule is Cc1cccc(N2CC(CNC(=O)C34CC5CC(CC(C5)C3)C4)OCC2=O)c1. The van der Waals surface area contributed by atoms with Crippen LogP contribution in [0.3, 0.4) is 0 Å². The summed E-state index contributed by atoms with van der Waals surface area (Å²) in [7, 11) is 0. The van der Waals surface area contributed by atoms with Gasteiger partial charge in [0, 0.05) is 17.6 Å². The van der Waals surface area contributed by atoms with E-state index >= 15 is 0 Å². The van der Waals surface area contributed by atoms with Crippen LogP contribution in [0.4, 0.5) is 5.69 Å². The molecule has 1 saturated heterocycles. The first kappa shape index (κ1) is 18.2. The molecule has 4 bridgehead atoms. The molecule has 1 N–H and O–H groups in total. The molecule has 0 radical (unpaired) electrons. The lowest BCUT2D eigenvalue weighted by atomic mass is 9.49. The van der Waals surface area contributed by atoms with Crippen molar-refractivity contribution in [3.05, 3.63) is 29.8 Å². The molecule has 0 aromatic heterocycles. The van der Waals surface area contributed by atoms with Gasteiger partial charge in [0.05, 0.1) is 12.6 Å². The minimum Gasteiger partial charge on any atom is -0.365 e. The van der Waals surface area contributed by atoms with Gasteiger partial charge in [-0.15, -0.1) is 0 Å². The Morgan fingerprint density at radius 1 is 1.18 bits per heavy atom. The van der Waals surface area contributed by atoms with Gasteiger partial charge >= 0.3 is 0 Å². The molecular weight excluding hydrogens is 352 g/mol. The van der Waals surface area contributed by atoms with E-state index in [9.17, 15) is 9.59 Å². The number of hydrogen-bond donors (Lipinski definition) is 1. The predicted molar refractivity (Wildman–Crippen MR) is 107 cm³/mol. The number of amides is 2. The van der Waals surface area contributed by atoms with Gasteiger partial charge in [-0.05, 0) is 80.9 Å². The first-order valence-electron chi connectivity index (χ1n) is 10.8. The maximum atomic E-state index is 13.2. The maximum Gasteiger partial charge on any atom is 0.253 e. The Hall–Kier alpha value is -1.88. The average Bonchev–Trinajstić information content (AvgIpc) is 2.66. The Balaban J connectivity index is 1.22. The summed E-state index contributed by atoms with van der Waals surface area (Å²) in [5.74, 6) is 2.50. The predicted octanol–water partition coefficient (Wildman–Crippen LogP) is 3.06. The summed E-state index contributed by atoms with van der Waals surface area (Å²) >= 11 is 0. The van der Waals surface area contributed by atoms with Crippen molar-refractivity contribution in [1.29, 1.82) is 0 Å². The summed E-state index contributed by atoms with van der Waals surface area (Å²) in [6.07, 6.45) is 7.08. The minimum atomic E-state index is -0.156. The fourth-order valence-corrected chi connectivity index (χ4v) is 6.58. The second kappa shape index (κ2) is 6.87. The van der Waals surface area contributed by atoms with Gasteiger partial charge in [-0.1, -0.05) is 12.1 Å². The zero-order valence-corrected chi connectivity index (χ0v) is 16.7. The minimum absolute atomic E-state index is 0.0192. The van der Waals surface area contributed by atoms with Crippen molar-refractivity contribution in [3.63, 3.8) is 0 Å². The van der Waals surface area contributed by atoms with Gasteiger partial charge in [0.25, 0.3) is 5.91 Å². The highest BCUT2D eigenvalue weighted by Gasteiger charge is 2.54. The molecular formula is C23H30N2O3. The summed E-state index contributed by atoms with van der Waals surface area (Å²) in [6.45, 7) is 3.07. The van der Waals surface area contributed by atoms with Gasteiger partial charge in [-0.3, -0.25) is 9.59 Å². The lowest BCUT2D eigenvalue weighted by Crippen LogP contribution is -2.56. The Labute approximate surface area is 166 Å². The Morgan fingerprint density at radius 2 is 1.86 bits per heavy atom. The van der Waals surface area contributed by atoms with E-state index in [2.05, 4.69) is 5.32 Å². The van der Waals surface area contributed by atoms with Crippen LogP contribution in [-0.2, 0) is 14.3 Å². The molecule has 1 atom stereocenters. The number of benzene rings is 1. The van der Waals surface area contributed by atoms with Crippen molar-refractivity contribution >= 4 is 17.5 Å². The second-order valence-electron chi connectivity index (χ2n) is 9.68. The third kappa shape index (κ3) is 3.24. The van der Waals surface area contributed by atoms with Crippen molar-refractivity contribution in [1.82, 2.24) is 5.32 Å². The van der Waals surface area contributed by atoms with Crippen molar-refractivity contribution in [2.45, 2.75) is 51.6 Å². The molecule has 150 valence electrons.